The van der Waals surface area contributed by atoms with E-state index < -0.39 is 24.6 Å². The molecular formula is C25H42F2O2. The predicted octanol–water partition coefficient (Wildman–Crippen LogP) is 6.83. The smallest absolute Gasteiger partial charge is 0.160 e. The summed E-state index contributed by atoms with van der Waals surface area (Å²) < 4.78 is 39.8. The molecule has 0 aromatic heterocycles. The lowest BCUT2D eigenvalue weighted by Gasteiger charge is -2.39. The van der Waals surface area contributed by atoms with Crippen molar-refractivity contribution >= 4 is 0 Å². The Labute approximate surface area is 176 Å². The van der Waals surface area contributed by atoms with Gasteiger partial charge in [-0.15, -0.1) is 6.58 Å². The first kappa shape index (κ1) is 23.2. The van der Waals surface area contributed by atoms with E-state index in [0.717, 1.165) is 24.2 Å². The van der Waals surface area contributed by atoms with Gasteiger partial charge in [0, 0.05) is 13.2 Å². The van der Waals surface area contributed by atoms with Gasteiger partial charge in [0.25, 0.3) is 0 Å². The van der Waals surface area contributed by atoms with Crippen LogP contribution in [0.2, 0.25) is 0 Å². The summed E-state index contributed by atoms with van der Waals surface area (Å²) in [6.45, 7) is 6.70. The highest BCUT2D eigenvalue weighted by molar-refractivity contribution is 4.90. The van der Waals surface area contributed by atoms with Crippen LogP contribution < -0.4 is 0 Å². The van der Waals surface area contributed by atoms with Crippen molar-refractivity contribution in [3.63, 3.8) is 0 Å². The maximum Gasteiger partial charge on any atom is 0.160 e. The summed E-state index contributed by atoms with van der Waals surface area (Å²) in [5.74, 6) is 3.22. The van der Waals surface area contributed by atoms with Gasteiger partial charge in [-0.25, -0.2) is 8.78 Å². The first-order valence-corrected chi connectivity index (χ1v) is 12.2. The summed E-state index contributed by atoms with van der Waals surface area (Å²) in [6.07, 6.45) is 11.9. The van der Waals surface area contributed by atoms with Crippen LogP contribution in [-0.2, 0) is 9.47 Å². The molecule has 4 atom stereocenters. The van der Waals surface area contributed by atoms with E-state index in [9.17, 15) is 8.78 Å². The van der Waals surface area contributed by atoms with Gasteiger partial charge < -0.3 is 9.47 Å². The topological polar surface area (TPSA) is 18.5 Å². The van der Waals surface area contributed by atoms with E-state index in [0.29, 0.717) is 32.0 Å². The largest absolute Gasteiger partial charge is 0.375 e. The lowest BCUT2D eigenvalue weighted by Crippen LogP contribution is -2.47. The fraction of sp³-hybridized carbons (Fsp3) is 0.920. The standard InChI is InChI=1S/C25H42F2O2/c1-3-5-6-18-7-11-20(12-8-18)21-13-9-19(10-14-21)17-29-23-16-15-22(28-4-2)24(26)25(23)27/h3,18-25H,1,4-17H2,2H3. The van der Waals surface area contributed by atoms with Crippen LogP contribution in [0.1, 0.15) is 84.0 Å². The van der Waals surface area contributed by atoms with Crippen LogP contribution in [0.5, 0.6) is 0 Å². The van der Waals surface area contributed by atoms with E-state index in [1.165, 1.54) is 57.8 Å². The van der Waals surface area contributed by atoms with Crippen LogP contribution in [0, 0.1) is 23.7 Å². The molecule has 3 fully saturated rings. The van der Waals surface area contributed by atoms with Crippen molar-refractivity contribution in [3.05, 3.63) is 12.7 Å². The third-order valence-electron chi connectivity index (χ3n) is 7.91. The summed E-state index contributed by atoms with van der Waals surface area (Å²) in [7, 11) is 0. The Balaban J connectivity index is 1.33. The van der Waals surface area contributed by atoms with Crippen molar-refractivity contribution in [1.82, 2.24) is 0 Å². The maximum atomic E-state index is 14.4. The van der Waals surface area contributed by atoms with Crippen LogP contribution in [0.3, 0.4) is 0 Å². The second kappa shape index (κ2) is 11.8. The number of alkyl halides is 2. The molecule has 0 radical (unpaired) electrons. The molecule has 0 heterocycles. The molecule has 3 saturated carbocycles. The van der Waals surface area contributed by atoms with Crippen molar-refractivity contribution in [2.45, 2.75) is 109 Å². The minimum Gasteiger partial charge on any atom is -0.375 e. The molecule has 3 rings (SSSR count). The molecule has 29 heavy (non-hydrogen) atoms. The van der Waals surface area contributed by atoms with Gasteiger partial charge in [0.2, 0.25) is 0 Å². The van der Waals surface area contributed by atoms with Gasteiger partial charge in [0.1, 0.15) is 0 Å². The SMILES string of the molecule is C=CCCC1CCC(C2CCC(COC3CCC(OCC)C(F)C3F)CC2)CC1. The van der Waals surface area contributed by atoms with E-state index in [4.69, 9.17) is 9.47 Å². The van der Waals surface area contributed by atoms with Gasteiger partial charge in [-0.1, -0.05) is 18.9 Å². The molecule has 168 valence electrons. The summed E-state index contributed by atoms with van der Waals surface area (Å²) in [5.41, 5.74) is 0. The summed E-state index contributed by atoms with van der Waals surface area (Å²) in [4.78, 5) is 0. The lowest BCUT2D eigenvalue weighted by atomic mass is 9.69. The van der Waals surface area contributed by atoms with Crippen LogP contribution in [0.4, 0.5) is 8.78 Å². The number of rotatable bonds is 9. The van der Waals surface area contributed by atoms with Crippen LogP contribution >= 0.6 is 0 Å². The van der Waals surface area contributed by atoms with Crippen LogP contribution in [0.25, 0.3) is 0 Å². The van der Waals surface area contributed by atoms with Crippen molar-refractivity contribution in [1.29, 1.82) is 0 Å². The highest BCUT2D eigenvalue weighted by Crippen LogP contribution is 2.42. The Morgan fingerprint density at radius 3 is 1.79 bits per heavy atom. The Morgan fingerprint density at radius 2 is 1.28 bits per heavy atom. The second-order valence-corrected chi connectivity index (χ2v) is 9.76. The molecule has 0 bridgehead atoms. The molecule has 0 amide bonds. The Kier molecular flexibility index (Phi) is 9.43. The molecule has 0 saturated heterocycles. The van der Waals surface area contributed by atoms with E-state index >= 15 is 0 Å². The Hall–Kier alpha value is -0.480. The van der Waals surface area contributed by atoms with Crippen molar-refractivity contribution < 1.29 is 18.3 Å². The number of hydrogen-bond donors (Lipinski definition) is 0. The first-order chi connectivity index (χ1) is 14.1. The average molecular weight is 413 g/mol. The van der Waals surface area contributed by atoms with Crippen LogP contribution in [0.15, 0.2) is 12.7 Å². The Bertz CT molecular complexity index is 469. The molecule has 3 aliphatic rings. The minimum atomic E-state index is -1.55. The van der Waals surface area contributed by atoms with Gasteiger partial charge in [-0.05, 0) is 94.8 Å². The van der Waals surface area contributed by atoms with Gasteiger partial charge in [-0.2, -0.15) is 0 Å². The first-order valence-electron chi connectivity index (χ1n) is 12.2. The second-order valence-electron chi connectivity index (χ2n) is 9.76. The molecule has 0 aromatic rings. The molecule has 4 unspecified atom stereocenters. The predicted molar refractivity (Wildman–Crippen MR) is 115 cm³/mol. The average Bonchev–Trinajstić information content (AvgIpc) is 2.76. The van der Waals surface area contributed by atoms with Crippen LogP contribution in [-0.4, -0.2) is 37.8 Å². The van der Waals surface area contributed by atoms with Crippen molar-refractivity contribution in [2.24, 2.45) is 23.7 Å². The summed E-state index contributed by atoms with van der Waals surface area (Å²) in [6, 6.07) is 0. The number of allylic oxidation sites excluding steroid dienone is 1. The quantitative estimate of drug-likeness (QED) is 0.387. The van der Waals surface area contributed by atoms with E-state index in [1.54, 1.807) is 0 Å². The molecular weight excluding hydrogens is 370 g/mol. The minimum absolute atomic E-state index is 0.434. The highest BCUT2D eigenvalue weighted by atomic mass is 19.2. The zero-order valence-corrected chi connectivity index (χ0v) is 18.4. The summed E-state index contributed by atoms with van der Waals surface area (Å²) >= 11 is 0. The van der Waals surface area contributed by atoms with Crippen molar-refractivity contribution in [3.8, 4) is 0 Å². The fourth-order valence-corrected chi connectivity index (χ4v) is 6.01. The number of ether oxygens (including phenoxy) is 2. The molecule has 3 aliphatic carbocycles. The fourth-order valence-electron chi connectivity index (χ4n) is 6.01. The van der Waals surface area contributed by atoms with Crippen molar-refractivity contribution in [2.75, 3.05) is 13.2 Å². The van der Waals surface area contributed by atoms with Gasteiger partial charge >= 0.3 is 0 Å². The van der Waals surface area contributed by atoms with E-state index in [-0.39, 0.29) is 0 Å². The zero-order chi connectivity index (χ0) is 20.6. The molecule has 0 aliphatic heterocycles. The maximum absolute atomic E-state index is 14.4. The lowest BCUT2D eigenvalue weighted by molar-refractivity contribution is -0.122. The van der Waals surface area contributed by atoms with Gasteiger partial charge in [0.15, 0.2) is 12.3 Å². The molecule has 2 nitrogen and oxygen atoms in total. The number of halogens is 2. The van der Waals surface area contributed by atoms with Gasteiger partial charge in [0.05, 0.1) is 12.2 Å². The molecule has 0 spiro atoms. The van der Waals surface area contributed by atoms with Gasteiger partial charge in [-0.3, -0.25) is 0 Å². The highest BCUT2D eigenvalue weighted by Gasteiger charge is 2.42. The zero-order valence-electron chi connectivity index (χ0n) is 18.4. The monoisotopic (exact) mass is 412 g/mol. The molecule has 0 aromatic carbocycles. The number of hydrogen-bond acceptors (Lipinski definition) is 2. The third kappa shape index (κ3) is 6.50. The van der Waals surface area contributed by atoms with E-state index in [2.05, 4.69) is 12.7 Å². The molecule has 0 N–H and O–H groups in total. The Morgan fingerprint density at radius 1 is 0.759 bits per heavy atom. The normalized spacial score (nSPS) is 41.2. The summed E-state index contributed by atoms with van der Waals surface area (Å²) in [5, 5.41) is 0. The molecule has 4 heteroatoms. The van der Waals surface area contributed by atoms with E-state index in [1.807, 2.05) is 6.92 Å². The third-order valence-corrected chi connectivity index (χ3v) is 7.91.